The Morgan fingerprint density at radius 1 is 1.63 bits per heavy atom. The number of nitrogens with zero attached hydrogens (tertiary/aromatic N) is 2. The van der Waals surface area contributed by atoms with Crippen molar-refractivity contribution in [1.29, 1.82) is 5.26 Å². The van der Waals surface area contributed by atoms with Crippen LogP contribution in [0.15, 0.2) is 18.2 Å². The van der Waals surface area contributed by atoms with Crippen LogP contribution in [0.2, 0.25) is 0 Å². The van der Waals surface area contributed by atoms with Gasteiger partial charge < -0.3 is 0 Å². The molecule has 0 saturated heterocycles. The van der Waals surface area contributed by atoms with Crippen LogP contribution in [-0.2, 0) is 6.42 Å². The van der Waals surface area contributed by atoms with E-state index in [0.717, 1.165) is 25.3 Å². The minimum Gasteiger partial charge on any atom is -0.258 e. The van der Waals surface area contributed by atoms with E-state index in [-0.39, 0.29) is 12.0 Å². The van der Waals surface area contributed by atoms with Crippen LogP contribution in [0, 0.1) is 38.6 Å². The Hall–Kier alpha value is -1.96. The molecule has 4 nitrogen and oxygen atoms in total. The maximum Gasteiger partial charge on any atom is 0.305 e. The molecule has 1 aromatic rings. The zero-order valence-corrected chi connectivity index (χ0v) is 10.7. The van der Waals surface area contributed by atoms with Gasteiger partial charge in [-0.2, -0.15) is 9.65 Å². The number of nitro groups is 1. The molecule has 1 saturated carbocycles. The molecule has 1 aliphatic rings. The summed E-state index contributed by atoms with van der Waals surface area (Å²) < 4.78 is 14.0. The van der Waals surface area contributed by atoms with E-state index in [4.69, 9.17) is 0 Å². The van der Waals surface area contributed by atoms with Gasteiger partial charge >= 0.3 is 5.69 Å². The first-order valence-electron chi connectivity index (χ1n) is 6.30. The van der Waals surface area contributed by atoms with E-state index >= 15 is 0 Å². The first-order valence-corrected chi connectivity index (χ1v) is 6.30. The highest BCUT2D eigenvalue weighted by Crippen LogP contribution is 2.44. The van der Waals surface area contributed by atoms with Gasteiger partial charge in [0.15, 0.2) is 0 Å². The minimum atomic E-state index is -0.804. The predicted octanol–water partition coefficient (Wildman–Crippen LogP) is 3.61. The van der Waals surface area contributed by atoms with Crippen molar-refractivity contribution in [1.82, 2.24) is 0 Å². The van der Waals surface area contributed by atoms with Crippen molar-refractivity contribution in [3.8, 4) is 6.07 Å². The summed E-state index contributed by atoms with van der Waals surface area (Å²) >= 11 is 0. The molecule has 2 unspecified atom stereocenters. The van der Waals surface area contributed by atoms with E-state index in [1.807, 2.05) is 0 Å². The van der Waals surface area contributed by atoms with E-state index in [9.17, 15) is 19.8 Å². The normalized spacial score (nSPS) is 26.1. The van der Waals surface area contributed by atoms with E-state index < -0.39 is 21.8 Å². The fraction of sp³-hybridized carbons (Fsp3) is 0.500. The van der Waals surface area contributed by atoms with Crippen LogP contribution in [-0.4, -0.2) is 4.92 Å². The molecule has 100 valence electrons. The van der Waals surface area contributed by atoms with Crippen LogP contribution >= 0.6 is 0 Å². The zero-order chi connectivity index (χ0) is 14.0. The predicted molar refractivity (Wildman–Crippen MR) is 67.8 cm³/mol. The third-order valence-electron chi connectivity index (χ3n) is 3.88. The highest BCUT2D eigenvalue weighted by molar-refractivity contribution is 5.37. The largest absolute Gasteiger partial charge is 0.305 e. The second kappa shape index (κ2) is 4.96. The molecule has 2 atom stereocenters. The third kappa shape index (κ3) is 2.58. The van der Waals surface area contributed by atoms with Gasteiger partial charge in [0.25, 0.3) is 0 Å². The first kappa shape index (κ1) is 13.5. The molecule has 0 amide bonds. The van der Waals surface area contributed by atoms with E-state index in [2.05, 4.69) is 13.0 Å². The molecule has 0 N–H and O–H groups in total. The van der Waals surface area contributed by atoms with Gasteiger partial charge in [-0.15, -0.1) is 0 Å². The number of nitriles is 1. The van der Waals surface area contributed by atoms with Gasteiger partial charge in [0.05, 0.1) is 16.4 Å². The van der Waals surface area contributed by atoms with Crippen molar-refractivity contribution in [2.24, 2.45) is 11.3 Å². The number of benzene rings is 1. The summed E-state index contributed by atoms with van der Waals surface area (Å²) in [7, 11) is 0. The second-order valence-corrected chi connectivity index (χ2v) is 5.42. The Labute approximate surface area is 111 Å². The summed E-state index contributed by atoms with van der Waals surface area (Å²) in [5.74, 6) is -0.358. The highest BCUT2D eigenvalue weighted by Gasteiger charge is 2.38. The van der Waals surface area contributed by atoms with Gasteiger partial charge in [0, 0.05) is 6.07 Å². The van der Waals surface area contributed by atoms with E-state index in [1.165, 1.54) is 12.1 Å². The van der Waals surface area contributed by atoms with Crippen molar-refractivity contribution in [2.75, 3.05) is 0 Å². The maximum atomic E-state index is 14.0. The Balaban J connectivity index is 2.31. The van der Waals surface area contributed by atoms with Crippen molar-refractivity contribution >= 4 is 5.69 Å². The minimum absolute atomic E-state index is 0.251. The lowest BCUT2D eigenvalue weighted by Crippen LogP contribution is -2.18. The molecule has 1 aliphatic carbocycles. The molecule has 19 heavy (non-hydrogen) atoms. The average Bonchev–Trinajstić information content (AvgIpc) is 2.74. The smallest absolute Gasteiger partial charge is 0.258 e. The molecule has 0 aliphatic heterocycles. The Morgan fingerprint density at radius 3 is 2.89 bits per heavy atom. The summed E-state index contributed by atoms with van der Waals surface area (Å²) in [6.45, 7) is 2.07. The monoisotopic (exact) mass is 262 g/mol. The van der Waals surface area contributed by atoms with Gasteiger partial charge in [0.1, 0.15) is 0 Å². The molecule has 0 aromatic heterocycles. The van der Waals surface area contributed by atoms with Crippen LogP contribution in [0.4, 0.5) is 10.1 Å². The van der Waals surface area contributed by atoms with Gasteiger partial charge in [-0.1, -0.05) is 19.1 Å². The van der Waals surface area contributed by atoms with Crippen LogP contribution in [0.5, 0.6) is 0 Å². The number of hydrogen-bond acceptors (Lipinski definition) is 3. The van der Waals surface area contributed by atoms with E-state index in [1.54, 1.807) is 0 Å². The second-order valence-electron chi connectivity index (χ2n) is 5.42. The van der Waals surface area contributed by atoms with Crippen molar-refractivity contribution in [3.63, 3.8) is 0 Å². The van der Waals surface area contributed by atoms with Crippen LogP contribution in [0.1, 0.15) is 31.7 Å². The van der Waals surface area contributed by atoms with Crippen molar-refractivity contribution < 1.29 is 9.31 Å². The molecular weight excluding hydrogens is 247 g/mol. The van der Waals surface area contributed by atoms with Gasteiger partial charge in [-0.05, 0) is 37.2 Å². The number of rotatable bonds is 3. The topological polar surface area (TPSA) is 66.9 Å². The van der Waals surface area contributed by atoms with Gasteiger partial charge in [0.2, 0.25) is 5.82 Å². The van der Waals surface area contributed by atoms with Crippen molar-refractivity contribution in [2.45, 2.75) is 32.6 Å². The molecule has 5 heteroatoms. The van der Waals surface area contributed by atoms with Crippen LogP contribution in [0.3, 0.4) is 0 Å². The SMILES string of the molecule is CC1CCC(C#N)(Cc2cccc([N+](=O)[O-])c2F)C1. The Kier molecular flexibility index (Phi) is 3.52. The summed E-state index contributed by atoms with van der Waals surface area (Å²) in [4.78, 5) is 9.99. The fourth-order valence-electron chi connectivity index (χ4n) is 2.90. The molecule has 2 rings (SSSR count). The molecular formula is C14H15FN2O2. The lowest BCUT2D eigenvalue weighted by molar-refractivity contribution is -0.387. The summed E-state index contributed by atoms with van der Waals surface area (Å²) in [6.07, 6.45) is 2.66. The molecule has 0 spiro atoms. The summed E-state index contributed by atoms with van der Waals surface area (Å²) in [5.41, 5.74) is -0.823. The third-order valence-corrected chi connectivity index (χ3v) is 3.88. The van der Waals surface area contributed by atoms with Crippen LogP contribution in [0.25, 0.3) is 0 Å². The molecule has 0 heterocycles. The van der Waals surface area contributed by atoms with Crippen molar-refractivity contribution in [3.05, 3.63) is 39.7 Å². The summed E-state index contributed by atoms with van der Waals surface area (Å²) in [6, 6.07) is 6.45. The molecule has 0 bridgehead atoms. The molecule has 0 radical (unpaired) electrons. The zero-order valence-electron chi connectivity index (χ0n) is 10.7. The van der Waals surface area contributed by atoms with Crippen LogP contribution < -0.4 is 0 Å². The molecule has 1 aromatic carbocycles. The standard InChI is InChI=1S/C14H15FN2O2/c1-10-5-6-14(7-10,9-16)8-11-3-2-4-12(13(11)15)17(18)19/h2-4,10H,5-8H2,1H3. The average molecular weight is 262 g/mol. The quantitative estimate of drug-likeness (QED) is 0.617. The Bertz CT molecular complexity index is 553. The first-order chi connectivity index (χ1) is 8.97. The van der Waals surface area contributed by atoms with Gasteiger partial charge in [-0.3, -0.25) is 10.1 Å². The Morgan fingerprint density at radius 2 is 2.37 bits per heavy atom. The lowest BCUT2D eigenvalue weighted by Gasteiger charge is -2.20. The summed E-state index contributed by atoms with van der Waals surface area (Å²) in [5, 5.41) is 20.1. The maximum absolute atomic E-state index is 14.0. The molecule has 1 fully saturated rings. The highest BCUT2D eigenvalue weighted by atomic mass is 19.1. The number of hydrogen-bond donors (Lipinski definition) is 0. The number of nitro benzene ring substituents is 1. The fourth-order valence-corrected chi connectivity index (χ4v) is 2.90. The lowest BCUT2D eigenvalue weighted by atomic mass is 9.80. The number of halogens is 1. The van der Waals surface area contributed by atoms with E-state index in [0.29, 0.717) is 5.92 Å². The van der Waals surface area contributed by atoms with Gasteiger partial charge in [-0.25, -0.2) is 0 Å².